The average Bonchev–Trinajstić information content (AvgIpc) is 3.09. The van der Waals surface area contributed by atoms with E-state index in [4.69, 9.17) is 5.11 Å². The molecular weight excluding hydrogens is 280 g/mol. The Morgan fingerprint density at radius 1 is 1.55 bits per heavy atom. The lowest BCUT2D eigenvalue weighted by atomic mass is 10.2. The second-order valence-electron chi connectivity index (χ2n) is 4.94. The van der Waals surface area contributed by atoms with Crippen molar-refractivity contribution in [2.24, 2.45) is 0 Å². The van der Waals surface area contributed by atoms with E-state index in [-0.39, 0.29) is 6.04 Å². The van der Waals surface area contributed by atoms with Crippen LogP contribution in [0, 0.1) is 0 Å². The summed E-state index contributed by atoms with van der Waals surface area (Å²) in [7, 11) is 0. The van der Waals surface area contributed by atoms with E-state index in [0.717, 1.165) is 17.7 Å². The summed E-state index contributed by atoms with van der Waals surface area (Å²) < 4.78 is 0. The predicted octanol–water partition coefficient (Wildman–Crippen LogP) is 1.26. The zero-order valence-electron chi connectivity index (χ0n) is 11.2. The maximum Gasteiger partial charge on any atom is 0.328 e. The Morgan fingerprint density at radius 3 is 2.70 bits per heavy atom. The lowest BCUT2D eigenvalue weighted by Gasteiger charge is -2.25. The highest BCUT2D eigenvalue weighted by atomic mass is 32.1. The summed E-state index contributed by atoms with van der Waals surface area (Å²) in [5, 5.41) is 22.7. The molecule has 1 saturated carbocycles. The largest absolute Gasteiger partial charge is 0.480 e. The highest BCUT2D eigenvalue weighted by molar-refractivity contribution is 7.09. The van der Waals surface area contributed by atoms with Crippen LogP contribution < -0.4 is 5.32 Å². The van der Waals surface area contributed by atoms with Crippen molar-refractivity contribution in [1.29, 1.82) is 0 Å². The van der Waals surface area contributed by atoms with E-state index in [1.807, 2.05) is 17.5 Å². The molecule has 2 atom stereocenters. The molecule has 20 heavy (non-hydrogen) atoms. The zero-order valence-corrected chi connectivity index (χ0v) is 12.0. The number of aliphatic carboxylic acids is 1. The standard InChI is InChI=1S/C13H18N2O4S/c1-8(16)11(12(17)18)14-13(19)15(9-4-5-9)7-10-3-2-6-20-10/h2-3,6,8-9,11,16H,4-5,7H2,1H3,(H,14,19)(H,17,18)/t8-,11+/m1/s1. The van der Waals surface area contributed by atoms with Crippen LogP contribution in [0.15, 0.2) is 17.5 Å². The van der Waals surface area contributed by atoms with Crippen molar-refractivity contribution >= 4 is 23.3 Å². The van der Waals surface area contributed by atoms with Crippen LogP contribution in [0.4, 0.5) is 4.79 Å². The highest BCUT2D eigenvalue weighted by Crippen LogP contribution is 2.29. The molecule has 2 amide bonds. The second kappa shape index (κ2) is 6.23. The van der Waals surface area contributed by atoms with E-state index in [2.05, 4.69) is 5.32 Å². The van der Waals surface area contributed by atoms with Gasteiger partial charge >= 0.3 is 12.0 Å². The number of carboxylic acid groups (broad SMARTS) is 1. The average molecular weight is 298 g/mol. The van der Waals surface area contributed by atoms with Gasteiger partial charge in [-0.2, -0.15) is 0 Å². The fourth-order valence-electron chi connectivity index (χ4n) is 1.93. The summed E-state index contributed by atoms with van der Waals surface area (Å²) in [4.78, 5) is 25.9. The minimum atomic E-state index is -1.29. The Bertz CT molecular complexity index is 471. The van der Waals surface area contributed by atoms with Gasteiger partial charge in [0.2, 0.25) is 0 Å². The maximum atomic E-state index is 12.2. The normalized spacial score (nSPS) is 17.3. The van der Waals surface area contributed by atoms with Crippen LogP contribution in [0.2, 0.25) is 0 Å². The van der Waals surface area contributed by atoms with Gasteiger partial charge in [0.05, 0.1) is 12.6 Å². The number of nitrogens with zero attached hydrogens (tertiary/aromatic N) is 1. The van der Waals surface area contributed by atoms with Crippen molar-refractivity contribution in [3.63, 3.8) is 0 Å². The number of rotatable bonds is 6. The van der Waals surface area contributed by atoms with Crippen LogP contribution >= 0.6 is 11.3 Å². The van der Waals surface area contributed by atoms with Gasteiger partial charge in [0, 0.05) is 10.9 Å². The molecule has 1 aromatic heterocycles. The molecule has 0 unspecified atom stereocenters. The number of carboxylic acids is 1. The Morgan fingerprint density at radius 2 is 2.25 bits per heavy atom. The van der Waals surface area contributed by atoms with Crippen LogP contribution in [0.1, 0.15) is 24.6 Å². The molecule has 3 N–H and O–H groups in total. The smallest absolute Gasteiger partial charge is 0.328 e. The highest BCUT2D eigenvalue weighted by Gasteiger charge is 2.35. The second-order valence-corrected chi connectivity index (χ2v) is 5.98. The van der Waals surface area contributed by atoms with Gasteiger partial charge in [-0.25, -0.2) is 9.59 Å². The number of hydrogen-bond acceptors (Lipinski definition) is 4. The first-order valence-corrected chi connectivity index (χ1v) is 7.37. The van der Waals surface area contributed by atoms with E-state index < -0.39 is 24.1 Å². The van der Waals surface area contributed by atoms with Gasteiger partial charge in [0.15, 0.2) is 6.04 Å². The van der Waals surface area contributed by atoms with E-state index in [1.54, 1.807) is 16.2 Å². The van der Waals surface area contributed by atoms with E-state index in [0.29, 0.717) is 6.54 Å². The Kier molecular flexibility index (Phi) is 4.61. The number of urea groups is 1. The topological polar surface area (TPSA) is 89.9 Å². The van der Waals surface area contributed by atoms with Gasteiger partial charge < -0.3 is 20.4 Å². The Hall–Kier alpha value is -1.60. The molecule has 0 spiro atoms. The number of carbonyl (C=O) groups excluding carboxylic acids is 1. The number of nitrogens with one attached hydrogen (secondary N) is 1. The van der Waals surface area contributed by atoms with Crippen molar-refractivity contribution in [3.8, 4) is 0 Å². The molecule has 0 radical (unpaired) electrons. The van der Waals surface area contributed by atoms with Gasteiger partial charge in [-0.3, -0.25) is 0 Å². The number of carbonyl (C=O) groups is 2. The van der Waals surface area contributed by atoms with E-state index in [1.165, 1.54) is 6.92 Å². The summed E-state index contributed by atoms with van der Waals surface area (Å²) in [6.45, 7) is 1.82. The summed E-state index contributed by atoms with van der Waals surface area (Å²) in [5.74, 6) is -1.24. The van der Waals surface area contributed by atoms with E-state index in [9.17, 15) is 14.7 Å². The third kappa shape index (κ3) is 3.71. The predicted molar refractivity (Wildman–Crippen MR) is 74.5 cm³/mol. The molecule has 0 saturated heterocycles. The first-order valence-electron chi connectivity index (χ1n) is 6.49. The third-order valence-electron chi connectivity index (χ3n) is 3.18. The van der Waals surface area contributed by atoms with Gasteiger partial charge in [0.1, 0.15) is 0 Å². The molecule has 1 aromatic rings. The number of aliphatic hydroxyl groups excluding tert-OH is 1. The van der Waals surface area contributed by atoms with Gasteiger partial charge in [-0.05, 0) is 31.2 Å². The molecule has 0 bridgehead atoms. The first kappa shape index (κ1) is 14.8. The van der Waals surface area contributed by atoms with Crippen LogP contribution in [-0.2, 0) is 11.3 Å². The number of aliphatic hydroxyl groups is 1. The minimum Gasteiger partial charge on any atom is -0.480 e. The lowest BCUT2D eigenvalue weighted by molar-refractivity contribution is -0.141. The number of hydrogen-bond donors (Lipinski definition) is 3. The van der Waals surface area contributed by atoms with Crippen LogP contribution in [0.25, 0.3) is 0 Å². The summed E-state index contributed by atoms with van der Waals surface area (Å²) in [6, 6.07) is 2.30. The van der Waals surface area contributed by atoms with Crippen molar-refractivity contribution in [2.45, 2.75) is 44.5 Å². The molecule has 6 nitrogen and oxygen atoms in total. The molecule has 7 heteroatoms. The van der Waals surface area contributed by atoms with Crippen molar-refractivity contribution in [3.05, 3.63) is 22.4 Å². The molecule has 1 fully saturated rings. The third-order valence-corrected chi connectivity index (χ3v) is 4.04. The fraction of sp³-hybridized carbons (Fsp3) is 0.538. The zero-order chi connectivity index (χ0) is 14.7. The molecule has 1 heterocycles. The number of amides is 2. The van der Waals surface area contributed by atoms with Crippen molar-refractivity contribution < 1.29 is 19.8 Å². The fourth-order valence-corrected chi connectivity index (χ4v) is 2.63. The van der Waals surface area contributed by atoms with Crippen molar-refractivity contribution in [1.82, 2.24) is 10.2 Å². The summed E-state index contributed by atoms with van der Waals surface area (Å²) >= 11 is 1.56. The molecule has 110 valence electrons. The molecule has 1 aliphatic rings. The lowest BCUT2D eigenvalue weighted by Crippen LogP contribution is -2.52. The van der Waals surface area contributed by atoms with Crippen LogP contribution in [-0.4, -0.2) is 45.3 Å². The maximum absolute atomic E-state index is 12.2. The molecule has 1 aliphatic carbocycles. The SMILES string of the molecule is C[C@@H](O)[C@H](NC(=O)N(Cc1cccs1)C1CC1)C(=O)O. The first-order chi connectivity index (χ1) is 9.49. The summed E-state index contributed by atoms with van der Waals surface area (Å²) in [6.07, 6.45) is 0.732. The minimum absolute atomic E-state index is 0.167. The van der Waals surface area contributed by atoms with Gasteiger partial charge in [0.25, 0.3) is 0 Å². The van der Waals surface area contributed by atoms with E-state index >= 15 is 0 Å². The van der Waals surface area contributed by atoms with Gasteiger partial charge in [-0.15, -0.1) is 11.3 Å². The van der Waals surface area contributed by atoms with Crippen LogP contribution in [0.5, 0.6) is 0 Å². The summed E-state index contributed by atoms with van der Waals surface area (Å²) in [5.41, 5.74) is 0. The van der Waals surface area contributed by atoms with Crippen LogP contribution in [0.3, 0.4) is 0 Å². The van der Waals surface area contributed by atoms with Gasteiger partial charge in [-0.1, -0.05) is 6.07 Å². The molecule has 0 aromatic carbocycles. The number of thiophene rings is 1. The van der Waals surface area contributed by atoms with Crippen molar-refractivity contribution in [2.75, 3.05) is 0 Å². The molecular formula is C13H18N2O4S. The monoisotopic (exact) mass is 298 g/mol. The molecule has 0 aliphatic heterocycles. The Labute approximate surface area is 121 Å². The Balaban J connectivity index is 2.01. The quantitative estimate of drug-likeness (QED) is 0.737. The molecule has 2 rings (SSSR count).